The lowest BCUT2D eigenvalue weighted by atomic mass is 9.92. The molecule has 0 aromatic rings. The van der Waals surface area contributed by atoms with Gasteiger partial charge in [-0.2, -0.15) is 0 Å². The minimum atomic E-state index is 0.719. The van der Waals surface area contributed by atoms with Crippen LogP contribution in [-0.4, -0.2) is 36.1 Å². The Balaban J connectivity index is 2.01. The van der Waals surface area contributed by atoms with Gasteiger partial charge in [0.1, 0.15) is 0 Å². The summed E-state index contributed by atoms with van der Waals surface area (Å²) in [6, 6.07) is 2.39. The average Bonchev–Trinajstić information content (AvgIpc) is 2.76. The molecule has 3 atom stereocenters. The fraction of sp³-hybridized carbons (Fsp3) is 1.00. The maximum absolute atomic E-state index is 3.85. The number of piperazine rings is 1. The highest BCUT2D eigenvalue weighted by molar-refractivity contribution is 4.91. The van der Waals surface area contributed by atoms with E-state index in [2.05, 4.69) is 31.0 Å². The zero-order chi connectivity index (χ0) is 14.4. The summed E-state index contributed by atoms with van der Waals surface area (Å²) in [5.74, 6) is 0.811. The molecule has 118 valence electrons. The van der Waals surface area contributed by atoms with Crippen molar-refractivity contribution in [1.82, 2.24) is 10.2 Å². The Kier molecular flexibility index (Phi) is 6.83. The van der Waals surface area contributed by atoms with Gasteiger partial charge in [0.05, 0.1) is 0 Å². The van der Waals surface area contributed by atoms with E-state index in [1.807, 2.05) is 0 Å². The molecular weight excluding hydrogens is 244 g/mol. The average molecular weight is 280 g/mol. The van der Waals surface area contributed by atoms with Crippen LogP contribution >= 0.6 is 0 Å². The second-order valence-electron chi connectivity index (χ2n) is 7.18. The van der Waals surface area contributed by atoms with Crippen LogP contribution in [0.15, 0.2) is 0 Å². The molecule has 2 heteroatoms. The Hall–Kier alpha value is -0.0800. The highest BCUT2D eigenvalue weighted by Gasteiger charge is 2.33. The Morgan fingerprint density at radius 2 is 1.80 bits per heavy atom. The van der Waals surface area contributed by atoms with Crippen molar-refractivity contribution < 1.29 is 0 Å². The Morgan fingerprint density at radius 3 is 2.40 bits per heavy atom. The lowest BCUT2D eigenvalue weighted by molar-refractivity contribution is 0.0545. The summed E-state index contributed by atoms with van der Waals surface area (Å²) >= 11 is 0. The van der Waals surface area contributed by atoms with Crippen LogP contribution in [-0.2, 0) is 0 Å². The van der Waals surface area contributed by atoms with Crippen LogP contribution in [0, 0.1) is 5.92 Å². The molecule has 1 N–H and O–H groups in total. The molecule has 0 aromatic carbocycles. The van der Waals surface area contributed by atoms with E-state index in [1.165, 1.54) is 70.9 Å². The predicted molar refractivity (Wildman–Crippen MR) is 88.1 cm³/mol. The molecule has 1 aliphatic carbocycles. The SMILES string of the molecule is CCCC1CNC(C(C)CC)CN1C1CCCCCC1. The third-order valence-electron chi connectivity index (χ3n) is 5.74. The van der Waals surface area contributed by atoms with Crippen LogP contribution in [0.5, 0.6) is 0 Å². The molecule has 1 saturated carbocycles. The molecule has 0 radical (unpaired) electrons. The van der Waals surface area contributed by atoms with E-state index in [-0.39, 0.29) is 0 Å². The Bertz CT molecular complexity index is 258. The van der Waals surface area contributed by atoms with Gasteiger partial charge in [-0.25, -0.2) is 0 Å². The normalized spacial score (nSPS) is 31.9. The third-order valence-corrected chi connectivity index (χ3v) is 5.74. The maximum atomic E-state index is 3.85. The molecular formula is C18H36N2. The van der Waals surface area contributed by atoms with Gasteiger partial charge in [0.25, 0.3) is 0 Å². The van der Waals surface area contributed by atoms with Crippen LogP contribution in [0.1, 0.15) is 78.6 Å². The first-order valence-corrected chi connectivity index (χ1v) is 9.25. The van der Waals surface area contributed by atoms with Crippen molar-refractivity contribution in [2.75, 3.05) is 13.1 Å². The monoisotopic (exact) mass is 280 g/mol. The number of rotatable bonds is 5. The van der Waals surface area contributed by atoms with Gasteiger partial charge in [-0.15, -0.1) is 0 Å². The summed E-state index contributed by atoms with van der Waals surface area (Å²) in [4.78, 5) is 2.92. The first-order valence-electron chi connectivity index (χ1n) is 9.25. The van der Waals surface area contributed by atoms with Crippen molar-refractivity contribution in [1.29, 1.82) is 0 Å². The standard InChI is InChI=1S/C18H36N2/c1-4-10-17-13-19-18(15(3)5-2)14-20(17)16-11-8-6-7-9-12-16/h15-19H,4-14H2,1-3H3. The molecule has 3 unspecified atom stereocenters. The van der Waals surface area contributed by atoms with Gasteiger partial charge < -0.3 is 5.32 Å². The van der Waals surface area contributed by atoms with Crippen LogP contribution in [0.2, 0.25) is 0 Å². The number of nitrogens with zero attached hydrogens (tertiary/aromatic N) is 1. The van der Waals surface area contributed by atoms with E-state index >= 15 is 0 Å². The van der Waals surface area contributed by atoms with Crippen molar-refractivity contribution in [3.63, 3.8) is 0 Å². The lowest BCUT2D eigenvalue weighted by Gasteiger charge is -2.46. The highest BCUT2D eigenvalue weighted by atomic mass is 15.3. The zero-order valence-corrected chi connectivity index (χ0v) is 14.0. The summed E-state index contributed by atoms with van der Waals surface area (Å²) < 4.78 is 0. The number of hydrogen-bond donors (Lipinski definition) is 1. The van der Waals surface area contributed by atoms with E-state index in [0.717, 1.165) is 24.0 Å². The summed E-state index contributed by atoms with van der Waals surface area (Å²) in [5.41, 5.74) is 0. The van der Waals surface area contributed by atoms with Crippen molar-refractivity contribution in [2.45, 2.75) is 96.7 Å². The molecule has 1 heterocycles. The maximum Gasteiger partial charge on any atom is 0.0224 e. The molecule has 0 bridgehead atoms. The van der Waals surface area contributed by atoms with E-state index in [0.29, 0.717) is 0 Å². The molecule has 2 aliphatic rings. The van der Waals surface area contributed by atoms with Gasteiger partial charge in [0.15, 0.2) is 0 Å². The van der Waals surface area contributed by atoms with E-state index < -0.39 is 0 Å². The Morgan fingerprint density at radius 1 is 1.10 bits per heavy atom. The van der Waals surface area contributed by atoms with Crippen LogP contribution < -0.4 is 5.32 Å². The predicted octanol–water partition coefficient (Wildman–Crippen LogP) is 4.20. The first-order chi connectivity index (χ1) is 9.76. The summed E-state index contributed by atoms with van der Waals surface area (Å²) in [5, 5.41) is 3.85. The Labute approximate surface area is 126 Å². The topological polar surface area (TPSA) is 15.3 Å². The van der Waals surface area contributed by atoms with E-state index in [4.69, 9.17) is 0 Å². The fourth-order valence-corrected chi connectivity index (χ4v) is 4.15. The van der Waals surface area contributed by atoms with Crippen molar-refractivity contribution in [3.8, 4) is 0 Å². The van der Waals surface area contributed by atoms with Crippen LogP contribution in [0.25, 0.3) is 0 Å². The van der Waals surface area contributed by atoms with Crippen molar-refractivity contribution >= 4 is 0 Å². The molecule has 0 spiro atoms. The van der Waals surface area contributed by atoms with E-state index in [1.54, 1.807) is 0 Å². The lowest BCUT2D eigenvalue weighted by Crippen LogP contribution is -2.60. The molecule has 1 saturated heterocycles. The van der Waals surface area contributed by atoms with Gasteiger partial charge in [0, 0.05) is 31.2 Å². The van der Waals surface area contributed by atoms with Gasteiger partial charge in [0.2, 0.25) is 0 Å². The van der Waals surface area contributed by atoms with E-state index in [9.17, 15) is 0 Å². The van der Waals surface area contributed by atoms with Crippen LogP contribution in [0.3, 0.4) is 0 Å². The third kappa shape index (κ3) is 4.21. The van der Waals surface area contributed by atoms with Crippen molar-refractivity contribution in [2.24, 2.45) is 5.92 Å². The summed E-state index contributed by atoms with van der Waals surface area (Å²) in [6.07, 6.45) is 12.8. The number of hydrogen-bond acceptors (Lipinski definition) is 2. The molecule has 2 nitrogen and oxygen atoms in total. The van der Waals surface area contributed by atoms with Gasteiger partial charge in [-0.05, 0) is 25.2 Å². The summed E-state index contributed by atoms with van der Waals surface area (Å²) in [7, 11) is 0. The van der Waals surface area contributed by atoms with Gasteiger partial charge in [-0.1, -0.05) is 59.3 Å². The molecule has 0 amide bonds. The molecule has 2 rings (SSSR count). The molecule has 20 heavy (non-hydrogen) atoms. The van der Waals surface area contributed by atoms with Crippen LogP contribution in [0.4, 0.5) is 0 Å². The second-order valence-corrected chi connectivity index (χ2v) is 7.18. The molecule has 1 aliphatic heterocycles. The second kappa shape index (κ2) is 8.38. The van der Waals surface area contributed by atoms with Gasteiger partial charge >= 0.3 is 0 Å². The highest BCUT2D eigenvalue weighted by Crippen LogP contribution is 2.27. The van der Waals surface area contributed by atoms with Gasteiger partial charge in [-0.3, -0.25) is 4.90 Å². The minimum Gasteiger partial charge on any atom is -0.311 e. The molecule has 0 aromatic heterocycles. The van der Waals surface area contributed by atoms with Crippen molar-refractivity contribution in [3.05, 3.63) is 0 Å². The summed E-state index contributed by atoms with van der Waals surface area (Å²) in [6.45, 7) is 9.61. The molecule has 2 fully saturated rings. The minimum absolute atomic E-state index is 0.719. The smallest absolute Gasteiger partial charge is 0.0224 e. The zero-order valence-electron chi connectivity index (χ0n) is 14.0. The number of nitrogens with one attached hydrogen (secondary N) is 1. The quantitative estimate of drug-likeness (QED) is 0.759. The fourth-order valence-electron chi connectivity index (χ4n) is 4.15. The largest absolute Gasteiger partial charge is 0.311 e. The first kappa shape index (κ1) is 16.3.